The van der Waals surface area contributed by atoms with Crippen molar-refractivity contribution < 1.29 is 40.7 Å². The fourth-order valence-electron chi connectivity index (χ4n) is 6.40. The van der Waals surface area contributed by atoms with Crippen LogP contribution in [-0.4, -0.2) is 84.7 Å². The highest BCUT2D eigenvalue weighted by molar-refractivity contribution is 7.98. The number of sulfonamides is 1. The monoisotopic (exact) mass is 779 g/mol. The average Bonchev–Trinajstić information content (AvgIpc) is 3.52. The molecular formula is C37H43ClF3N4O5S2+. The lowest BCUT2D eigenvalue weighted by Crippen LogP contribution is -2.50. The van der Waals surface area contributed by atoms with Crippen LogP contribution in [0.3, 0.4) is 0 Å². The van der Waals surface area contributed by atoms with E-state index in [1.165, 1.54) is 26.2 Å². The van der Waals surface area contributed by atoms with Gasteiger partial charge in [-0.05, 0) is 66.9 Å². The van der Waals surface area contributed by atoms with Gasteiger partial charge < -0.3 is 14.3 Å². The molecular weight excluding hydrogens is 737 g/mol. The number of ether oxygens (including phenoxy) is 1. The fourth-order valence-corrected chi connectivity index (χ4v) is 9.29. The number of carboxylic acid groups (broad SMARTS) is 1. The van der Waals surface area contributed by atoms with Crippen LogP contribution in [0.5, 0.6) is 5.75 Å². The minimum Gasteiger partial charge on any atom is -0.495 e. The van der Waals surface area contributed by atoms with E-state index >= 15 is 8.78 Å². The number of halogens is 4. The summed E-state index contributed by atoms with van der Waals surface area (Å²) in [7, 11) is 1.06. The third-order valence-corrected chi connectivity index (χ3v) is 13.1. The molecule has 4 aromatic rings. The van der Waals surface area contributed by atoms with Gasteiger partial charge in [0.2, 0.25) is 10.0 Å². The Hall–Kier alpha value is -3.56. The number of nitrogens with zero attached hydrogens (tertiary/aromatic N) is 4. The molecule has 1 N–H and O–H groups in total. The molecule has 1 unspecified atom stereocenters. The van der Waals surface area contributed by atoms with Crippen molar-refractivity contribution in [1.29, 1.82) is 0 Å². The molecule has 5 rings (SSSR count). The summed E-state index contributed by atoms with van der Waals surface area (Å²) in [6.45, 7) is 6.69. The number of hydrogen-bond acceptors (Lipinski definition) is 6. The topological polar surface area (TPSA) is 102 Å². The normalized spacial score (nSPS) is 15.9. The Balaban J connectivity index is 1.46. The van der Waals surface area contributed by atoms with Crippen molar-refractivity contribution in [3.63, 3.8) is 0 Å². The summed E-state index contributed by atoms with van der Waals surface area (Å²) in [6.07, 6.45) is 3.01. The van der Waals surface area contributed by atoms with Gasteiger partial charge in [0.05, 0.1) is 56.1 Å². The third kappa shape index (κ3) is 8.31. The molecule has 0 amide bonds. The van der Waals surface area contributed by atoms with E-state index in [4.69, 9.17) is 16.3 Å². The summed E-state index contributed by atoms with van der Waals surface area (Å²) < 4.78 is 82.0. The molecule has 0 spiro atoms. The first-order chi connectivity index (χ1) is 24.4. The number of likely N-dealkylation sites (tertiary alicyclic amines) is 1. The molecule has 9 nitrogen and oxygen atoms in total. The summed E-state index contributed by atoms with van der Waals surface area (Å²) in [5.74, 6) is -3.90. The fraction of sp³-hybridized carbons (Fsp3) is 0.405. The second-order valence-corrected chi connectivity index (χ2v) is 17.5. The van der Waals surface area contributed by atoms with Gasteiger partial charge in [-0.3, -0.25) is 9.36 Å². The Kier molecular flexibility index (Phi) is 11.8. The van der Waals surface area contributed by atoms with Gasteiger partial charge in [-0.1, -0.05) is 43.3 Å². The van der Waals surface area contributed by atoms with Gasteiger partial charge in [0.1, 0.15) is 29.2 Å². The van der Waals surface area contributed by atoms with E-state index in [-0.39, 0.29) is 23.8 Å². The maximum absolute atomic E-state index is 15.8. The summed E-state index contributed by atoms with van der Waals surface area (Å²) >= 11 is 7.30. The number of carbonyl (C=O) groups is 1. The second kappa shape index (κ2) is 15.4. The number of methoxy groups -OCH3 is 1. The summed E-state index contributed by atoms with van der Waals surface area (Å²) in [5, 5.41) is 10.6. The lowest BCUT2D eigenvalue weighted by molar-refractivity contribution is -0.896. The molecule has 1 aliphatic heterocycles. The van der Waals surface area contributed by atoms with Crippen LogP contribution < -0.4 is 4.74 Å². The SMILES string of the molecule is COc1cc(C(C)(C)c2cnc(SCc3c(F)cc(S(=O)(=O)N(CC4CC[N+](C)(C)CC4)C(C)C(=O)O)cc3F)n2-c2ccc(F)cc2)ccc1Cl. The van der Waals surface area contributed by atoms with E-state index < -0.39 is 49.8 Å². The Bertz CT molecular complexity index is 2030. The molecule has 1 aliphatic rings. The number of thioether (sulfide) groups is 1. The lowest BCUT2D eigenvalue weighted by Gasteiger charge is -2.39. The Morgan fingerprint density at radius 3 is 2.29 bits per heavy atom. The first-order valence-electron chi connectivity index (χ1n) is 16.7. The number of rotatable bonds is 13. The molecule has 0 bridgehead atoms. The standard InChI is InChI=1S/C37H42ClF3N4O5S2/c1-23(35(46)47)43(21-24-13-15-45(4,5)16-14-24)52(48,49)28-18-31(40)29(32(41)19-28)22-51-36-42-20-34(44(36)27-10-8-26(39)9-11-27)37(2,3)25-7-12-30(38)33(17-25)50-6/h7-12,17-20,23-24H,13-16,21-22H2,1-6H3/p+1. The van der Waals surface area contributed by atoms with Crippen molar-refractivity contribution in [2.75, 3.05) is 40.8 Å². The largest absolute Gasteiger partial charge is 0.495 e. The number of carboxylic acids is 1. The van der Waals surface area contributed by atoms with Gasteiger partial charge in [-0.15, -0.1) is 0 Å². The maximum atomic E-state index is 15.8. The quantitative estimate of drug-likeness (QED) is 0.111. The molecule has 280 valence electrons. The first-order valence-corrected chi connectivity index (χ1v) is 19.5. The third-order valence-electron chi connectivity index (χ3n) is 9.91. The second-order valence-electron chi connectivity index (χ2n) is 14.3. The molecule has 1 fully saturated rings. The molecule has 3 aromatic carbocycles. The van der Waals surface area contributed by atoms with E-state index in [0.717, 1.165) is 51.3 Å². The van der Waals surface area contributed by atoms with Crippen LogP contribution in [-0.2, 0) is 26.0 Å². The molecule has 1 atom stereocenters. The Morgan fingerprint density at radius 1 is 1.10 bits per heavy atom. The molecule has 1 saturated heterocycles. The van der Waals surface area contributed by atoms with Crippen molar-refractivity contribution >= 4 is 39.4 Å². The number of aromatic nitrogens is 2. The molecule has 52 heavy (non-hydrogen) atoms. The lowest BCUT2D eigenvalue weighted by atomic mass is 9.81. The predicted octanol–water partition coefficient (Wildman–Crippen LogP) is 7.52. The van der Waals surface area contributed by atoms with E-state index in [0.29, 0.717) is 40.2 Å². The maximum Gasteiger partial charge on any atom is 0.321 e. The number of benzene rings is 3. The average molecular weight is 780 g/mol. The van der Waals surface area contributed by atoms with Gasteiger partial charge in [0.25, 0.3) is 0 Å². The van der Waals surface area contributed by atoms with Crippen molar-refractivity contribution in [3.05, 3.63) is 100 Å². The van der Waals surface area contributed by atoms with E-state index in [1.807, 2.05) is 26.0 Å². The van der Waals surface area contributed by atoms with Crippen LogP contribution in [0.15, 0.2) is 70.8 Å². The molecule has 15 heteroatoms. The number of imidazole rings is 1. The van der Waals surface area contributed by atoms with Crippen molar-refractivity contribution in [3.8, 4) is 11.4 Å². The van der Waals surface area contributed by atoms with Crippen LogP contribution in [0.2, 0.25) is 5.02 Å². The van der Waals surface area contributed by atoms with Crippen LogP contribution >= 0.6 is 23.4 Å². The van der Waals surface area contributed by atoms with Crippen molar-refractivity contribution in [2.45, 2.75) is 60.9 Å². The highest BCUT2D eigenvalue weighted by Crippen LogP contribution is 2.40. The Labute approximate surface area is 312 Å². The van der Waals surface area contributed by atoms with Gasteiger partial charge in [0, 0.05) is 41.8 Å². The van der Waals surface area contributed by atoms with Gasteiger partial charge in [0.15, 0.2) is 5.16 Å². The van der Waals surface area contributed by atoms with Crippen LogP contribution in [0, 0.1) is 23.4 Å². The molecule has 0 radical (unpaired) electrons. The van der Waals surface area contributed by atoms with E-state index in [9.17, 15) is 22.7 Å². The molecule has 0 aliphatic carbocycles. The van der Waals surface area contributed by atoms with E-state index in [1.54, 1.807) is 29.0 Å². The zero-order valence-corrected chi connectivity index (χ0v) is 32.3. The highest BCUT2D eigenvalue weighted by atomic mass is 35.5. The minimum absolute atomic E-state index is 0.0792. The van der Waals surface area contributed by atoms with Gasteiger partial charge >= 0.3 is 5.97 Å². The smallest absolute Gasteiger partial charge is 0.321 e. The van der Waals surface area contributed by atoms with Crippen LogP contribution in [0.1, 0.15) is 50.4 Å². The number of hydrogen-bond donors (Lipinski definition) is 1. The van der Waals surface area contributed by atoms with Gasteiger partial charge in [-0.2, -0.15) is 4.31 Å². The zero-order chi connectivity index (χ0) is 38.2. The van der Waals surface area contributed by atoms with Crippen LogP contribution in [0.25, 0.3) is 5.69 Å². The summed E-state index contributed by atoms with van der Waals surface area (Å²) in [5.41, 5.74) is 0.977. The summed E-state index contributed by atoms with van der Waals surface area (Å²) in [4.78, 5) is 15.9. The van der Waals surface area contributed by atoms with E-state index in [2.05, 4.69) is 19.1 Å². The minimum atomic E-state index is -4.60. The number of quaternary nitrogens is 1. The summed E-state index contributed by atoms with van der Waals surface area (Å²) in [6, 6.07) is 11.2. The van der Waals surface area contributed by atoms with Crippen LogP contribution in [0.4, 0.5) is 13.2 Å². The number of piperidine rings is 1. The zero-order valence-electron chi connectivity index (χ0n) is 29.9. The number of aliphatic carboxylic acids is 1. The van der Waals surface area contributed by atoms with Gasteiger partial charge in [-0.25, -0.2) is 26.6 Å². The predicted molar refractivity (Wildman–Crippen MR) is 195 cm³/mol. The highest BCUT2D eigenvalue weighted by Gasteiger charge is 2.38. The van der Waals surface area contributed by atoms with Crippen molar-refractivity contribution in [1.82, 2.24) is 13.9 Å². The van der Waals surface area contributed by atoms with Crippen molar-refractivity contribution in [2.24, 2.45) is 5.92 Å². The Morgan fingerprint density at radius 2 is 1.71 bits per heavy atom. The molecule has 2 heterocycles. The molecule has 1 aromatic heterocycles. The molecule has 0 saturated carbocycles. The first kappa shape index (κ1) is 39.6.